The highest BCUT2D eigenvalue weighted by molar-refractivity contribution is 7.84. The second kappa shape index (κ2) is 9.17. The van der Waals surface area contributed by atoms with Gasteiger partial charge in [0.05, 0.1) is 29.3 Å². The molecule has 30 heavy (non-hydrogen) atoms. The Kier molecular flexibility index (Phi) is 6.18. The molecule has 1 atom stereocenters. The highest BCUT2D eigenvalue weighted by atomic mass is 32.2. The monoisotopic (exact) mass is 424 g/mol. The van der Waals surface area contributed by atoms with Gasteiger partial charge in [0.1, 0.15) is 11.5 Å². The Morgan fingerprint density at radius 3 is 2.40 bits per heavy atom. The predicted octanol–water partition coefficient (Wildman–Crippen LogP) is 3.56. The van der Waals surface area contributed by atoms with Gasteiger partial charge in [-0.2, -0.15) is 0 Å². The van der Waals surface area contributed by atoms with Gasteiger partial charge in [-0.05, 0) is 36.4 Å². The number of ether oxygens (including phenoxy) is 1. The van der Waals surface area contributed by atoms with Crippen LogP contribution in [-0.2, 0) is 16.6 Å². The van der Waals surface area contributed by atoms with Crippen LogP contribution in [0.5, 0.6) is 5.75 Å². The second-order valence-electron chi connectivity index (χ2n) is 7.02. The summed E-state index contributed by atoms with van der Waals surface area (Å²) in [5.41, 5.74) is 1.04. The van der Waals surface area contributed by atoms with Crippen molar-refractivity contribution in [1.29, 1.82) is 0 Å². The maximum absolute atomic E-state index is 12.8. The minimum Gasteiger partial charge on any atom is -0.495 e. The number of hydrogen-bond donors (Lipinski definition) is 0. The van der Waals surface area contributed by atoms with E-state index in [-0.39, 0.29) is 11.7 Å². The number of hydrogen-bond acceptors (Lipinski definition) is 5. The van der Waals surface area contributed by atoms with Gasteiger partial charge in [-0.1, -0.05) is 30.3 Å². The summed E-state index contributed by atoms with van der Waals surface area (Å²) in [5.74, 6) is 1.79. The molecule has 2 aromatic carbocycles. The number of para-hydroxylation sites is 2. The van der Waals surface area contributed by atoms with E-state index in [9.17, 15) is 9.00 Å². The summed E-state index contributed by atoms with van der Waals surface area (Å²) in [6.07, 6.45) is 0. The predicted molar refractivity (Wildman–Crippen MR) is 116 cm³/mol. The van der Waals surface area contributed by atoms with Gasteiger partial charge < -0.3 is 19.0 Å². The summed E-state index contributed by atoms with van der Waals surface area (Å²) in [6.45, 7) is 2.64. The lowest BCUT2D eigenvalue weighted by Gasteiger charge is -2.36. The molecule has 0 radical (unpaired) electrons. The molecule has 6 nitrogen and oxygen atoms in total. The van der Waals surface area contributed by atoms with E-state index in [0.29, 0.717) is 24.6 Å². The Hall–Kier alpha value is -3.06. The third kappa shape index (κ3) is 4.41. The molecular formula is C23H24N2O4S. The molecule has 0 spiro atoms. The minimum absolute atomic E-state index is 0.133. The number of piperazine rings is 1. The maximum atomic E-state index is 12.8. The number of furan rings is 1. The normalized spacial score (nSPS) is 15.1. The van der Waals surface area contributed by atoms with Crippen LogP contribution in [0.15, 0.2) is 76.0 Å². The summed E-state index contributed by atoms with van der Waals surface area (Å²) >= 11 is 0. The molecule has 0 aliphatic carbocycles. The summed E-state index contributed by atoms with van der Waals surface area (Å²) in [7, 11) is 0.459. The van der Waals surface area contributed by atoms with Crippen molar-refractivity contribution in [2.75, 3.05) is 38.2 Å². The van der Waals surface area contributed by atoms with Gasteiger partial charge in [-0.25, -0.2) is 0 Å². The Balaban J connectivity index is 1.36. The Morgan fingerprint density at radius 1 is 0.967 bits per heavy atom. The van der Waals surface area contributed by atoms with Crippen LogP contribution in [0.2, 0.25) is 0 Å². The van der Waals surface area contributed by atoms with Crippen LogP contribution in [0.1, 0.15) is 16.3 Å². The van der Waals surface area contributed by atoms with Gasteiger partial charge >= 0.3 is 0 Å². The standard InChI is InChI=1S/C23H24N2O4S/c1-28-21-10-6-5-9-20(21)24-13-15-25(16-14-24)23(26)22-12-11-18(29-22)17-30(27)19-7-3-2-4-8-19/h2-12H,13-17H2,1H3/t30-/m1/s1. The number of amides is 1. The van der Waals surface area contributed by atoms with Crippen LogP contribution in [0.3, 0.4) is 0 Å². The molecule has 0 unspecified atom stereocenters. The van der Waals surface area contributed by atoms with Crippen molar-refractivity contribution in [2.45, 2.75) is 10.6 Å². The first-order valence-electron chi connectivity index (χ1n) is 9.85. The molecule has 1 aliphatic heterocycles. The summed E-state index contributed by atoms with van der Waals surface area (Å²) in [6, 6.07) is 20.6. The molecule has 3 aromatic rings. The van der Waals surface area contributed by atoms with Crippen molar-refractivity contribution in [1.82, 2.24) is 4.90 Å². The van der Waals surface area contributed by atoms with Crippen LogP contribution >= 0.6 is 0 Å². The Bertz CT molecular complexity index is 1030. The highest BCUT2D eigenvalue weighted by Crippen LogP contribution is 2.28. The number of anilines is 1. The molecule has 1 amide bonds. The molecule has 1 aliphatic rings. The summed E-state index contributed by atoms with van der Waals surface area (Å²) in [4.78, 5) is 17.6. The number of rotatable bonds is 6. The number of carbonyl (C=O) groups excluding carboxylic acids is 1. The molecule has 1 aromatic heterocycles. The molecule has 7 heteroatoms. The van der Waals surface area contributed by atoms with Gasteiger partial charge in [-0.15, -0.1) is 0 Å². The molecule has 1 saturated heterocycles. The largest absolute Gasteiger partial charge is 0.495 e. The zero-order valence-electron chi connectivity index (χ0n) is 16.8. The minimum atomic E-state index is -1.21. The van der Waals surface area contributed by atoms with Crippen molar-refractivity contribution >= 4 is 22.4 Å². The van der Waals surface area contributed by atoms with Crippen LogP contribution in [0.25, 0.3) is 0 Å². The van der Waals surface area contributed by atoms with E-state index >= 15 is 0 Å². The fourth-order valence-corrected chi connectivity index (χ4v) is 4.59. The van der Waals surface area contributed by atoms with E-state index in [1.165, 1.54) is 0 Å². The Labute approximate surface area is 178 Å². The topological polar surface area (TPSA) is 63.0 Å². The van der Waals surface area contributed by atoms with E-state index in [2.05, 4.69) is 4.90 Å². The van der Waals surface area contributed by atoms with Gasteiger partial charge in [0, 0.05) is 31.1 Å². The van der Waals surface area contributed by atoms with E-state index in [1.807, 2.05) is 54.6 Å². The fraction of sp³-hybridized carbons (Fsp3) is 0.261. The van der Waals surface area contributed by atoms with Crippen LogP contribution < -0.4 is 9.64 Å². The van der Waals surface area contributed by atoms with Crippen LogP contribution in [0.4, 0.5) is 5.69 Å². The lowest BCUT2D eigenvalue weighted by molar-refractivity contribution is 0.0713. The Morgan fingerprint density at radius 2 is 1.67 bits per heavy atom. The number of nitrogens with zero attached hydrogens (tertiary/aromatic N) is 2. The van der Waals surface area contributed by atoms with Crippen LogP contribution in [0, 0.1) is 0 Å². The molecule has 1 fully saturated rings. The van der Waals surface area contributed by atoms with Crippen LogP contribution in [-0.4, -0.2) is 48.3 Å². The average molecular weight is 425 g/mol. The van der Waals surface area contributed by atoms with Gasteiger partial charge in [0.15, 0.2) is 5.76 Å². The van der Waals surface area contributed by atoms with Crippen molar-refractivity contribution < 1.29 is 18.2 Å². The van der Waals surface area contributed by atoms with E-state index in [1.54, 1.807) is 24.1 Å². The second-order valence-corrected chi connectivity index (χ2v) is 8.47. The van der Waals surface area contributed by atoms with E-state index < -0.39 is 10.8 Å². The van der Waals surface area contributed by atoms with Crippen molar-refractivity contribution in [3.8, 4) is 5.75 Å². The lowest BCUT2D eigenvalue weighted by atomic mass is 10.2. The summed E-state index contributed by atoms with van der Waals surface area (Å²) < 4.78 is 23.6. The third-order valence-electron chi connectivity index (χ3n) is 5.14. The first-order valence-corrected chi connectivity index (χ1v) is 11.2. The number of carbonyl (C=O) groups is 1. The average Bonchev–Trinajstić information content (AvgIpc) is 3.27. The highest BCUT2D eigenvalue weighted by Gasteiger charge is 2.25. The molecule has 0 N–H and O–H groups in total. The quantitative estimate of drug-likeness (QED) is 0.606. The molecule has 156 valence electrons. The van der Waals surface area contributed by atoms with E-state index in [0.717, 1.165) is 29.4 Å². The smallest absolute Gasteiger partial charge is 0.289 e. The zero-order valence-corrected chi connectivity index (χ0v) is 17.6. The SMILES string of the molecule is COc1ccccc1N1CCN(C(=O)c2ccc(C[S@@](=O)c3ccccc3)o2)CC1. The van der Waals surface area contributed by atoms with Crippen molar-refractivity contribution in [2.24, 2.45) is 0 Å². The molecule has 0 bridgehead atoms. The third-order valence-corrected chi connectivity index (χ3v) is 6.49. The zero-order chi connectivity index (χ0) is 20.9. The molecule has 4 rings (SSSR count). The lowest BCUT2D eigenvalue weighted by Crippen LogP contribution is -2.48. The van der Waals surface area contributed by atoms with Gasteiger partial charge in [-0.3, -0.25) is 9.00 Å². The van der Waals surface area contributed by atoms with Gasteiger partial charge in [0.25, 0.3) is 5.91 Å². The van der Waals surface area contributed by atoms with Crippen molar-refractivity contribution in [3.63, 3.8) is 0 Å². The molecular weight excluding hydrogens is 400 g/mol. The number of benzene rings is 2. The number of methoxy groups -OCH3 is 1. The van der Waals surface area contributed by atoms with Crippen molar-refractivity contribution in [3.05, 3.63) is 78.3 Å². The first kappa shape index (κ1) is 20.2. The summed E-state index contributed by atoms with van der Waals surface area (Å²) in [5, 5.41) is 0. The van der Waals surface area contributed by atoms with E-state index in [4.69, 9.17) is 9.15 Å². The molecule has 2 heterocycles. The fourth-order valence-electron chi connectivity index (χ4n) is 3.55. The van der Waals surface area contributed by atoms with Gasteiger partial charge in [0.2, 0.25) is 0 Å². The maximum Gasteiger partial charge on any atom is 0.289 e. The first-order chi connectivity index (χ1) is 14.7. The molecule has 0 saturated carbocycles.